The molecular weight excluding hydrogens is 232 g/mol. The van der Waals surface area contributed by atoms with Gasteiger partial charge in [0.05, 0.1) is 0 Å². The van der Waals surface area contributed by atoms with Gasteiger partial charge in [-0.1, -0.05) is 0 Å². The van der Waals surface area contributed by atoms with Gasteiger partial charge in [-0.3, -0.25) is 0 Å². The Hall–Kier alpha value is -2.64. The second-order valence-corrected chi connectivity index (χ2v) is 3.45. The summed E-state index contributed by atoms with van der Waals surface area (Å²) >= 11 is 0. The molecule has 0 unspecified atom stereocenters. The van der Waals surface area contributed by atoms with Crippen LogP contribution < -0.4 is 22.1 Å². The number of aromatic nitrogens is 4. The quantitative estimate of drug-likeness (QED) is 0.541. The number of hydrogen-bond donors (Lipinski definition) is 4. The summed E-state index contributed by atoms with van der Waals surface area (Å²) in [6.07, 6.45) is 3.20. The van der Waals surface area contributed by atoms with Gasteiger partial charge in [-0.15, -0.1) is 0 Å². The lowest BCUT2D eigenvalue weighted by Gasteiger charge is -2.07. The third-order valence-electron chi connectivity index (χ3n) is 2.09. The van der Waals surface area contributed by atoms with Crippen LogP contribution in [-0.4, -0.2) is 33.0 Å². The zero-order chi connectivity index (χ0) is 12.8. The SMILES string of the molecule is Nc1nccc(NCCNc2ccnc(N)n2)n1. The summed E-state index contributed by atoms with van der Waals surface area (Å²) in [5.74, 6) is 1.87. The molecule has 0 aliphatic rings. The van der Waals surface area contributed by atoms with Crippen molar-refractivity contribution in [2.24, 2.45) is 0 Å². The Morgan fingerprint density at radius 2 is 1.28 bits per heavy atom. The third-order valence-corrected chi connectivity index (χ3v) is 2.09. The number of nitrogens with zero attached hydrogens (tertiary/aromatic N) is 4. The molecule has 18 heavy (non-hydrogen) atoms. The lowest BCUT2D eigenvalue weighted by atomic mass is 10.5. The molecule has 0 bridgehead atoms. The molecule has 2 rings (SSSR count). The van der Waals surface area contributed by atoms with Gasteiger partial charge in [0.15, 0.2) is 0 Å². The highest BCUT2D eigenvalue weighted by molar-refractivity contribution is 5.39. The number of nitrogens with one attached hydrogen (secondary N) is 2. The second-order valence-electron chi connectivity index (χ2n) is 3.45. The Bertz CT molecular complexity index is 467. The first-order valence-electron chi connectivity index (χ1n) is 5.39. The van der Waals surface area contributed by atoms with Crippen LogP contribution in [-0.2, 0) is 0 Å². The van der Waals surface area contributed by atoms with E-state index < -0.39 is 0 Å². The Labute approximate surface area is 104 Å². The molecule has 8 heteroatoms. The molecule has 6 N–H and O–H groups in total. The molecule has 0 amide bonds. The van der Waals surface area contributed by atoms with Gasteiger partial charge in [0.1, 0.15) is 11.6 Å². The summed E-state index contributed by atoms with van der Waals surface area (Å²) in [4.78, 5) is 15.6. The number of rotatable bonds is 5. The normalized spacial score (nSPS) is 10.0. The number of anilines is 4. The van der Waals surface area contributed by atoms with Gasteiger partial charge in [-0.25, -0.2) is 9.97 Å². The Kier molecular flexibility index (Phi) is 3.69. The number of nitrogen functional groups attached to an aromatic ring is 2. The third kappa shape index (κ3) is 3.44. The Morgan fingerprint density at radius 1 is 0.833 bits per heavy atom. The van der Waals surface area contributed by atoms with Crippen molar-refractivity contribution in [1.29, 1.82) is 0 Å². The van der Waals surface area contributed by atoms with Crippen LogP contribution in [0.15, 0.2) is 24.5 Å². The molecule has 2 heterocycles. The fraction of sp³-hybridized carbons (Fsp3) is 0.200. The molecule has 0 saturated heterocycles. The minimum atomic E-state index is 0.247. The minimum absolute atomic E-state index is 0.247. The Morgan fingerprint density at radius 3 is 1.67 bits per heavy atom. The van der Waals surface area contributed by atoms with E-state index in [0.717, 1.165) is 0 Å². The van der Waals surface area contributed by atoms with Crippen molar-refractivity contribution in [3.8, 4) is 0 Å². The maximum atomic E-state index is 5.46. The van der Waals surface area contributed by atoms with E-state index in [4.69, 9.17) is 11.5 Å². The van der Waals surface area contributed by atoms with Crippen molar-refractivity contribution >= 4 is 23.5 Å². The smallest absolute Gasteiger partial charge is 0.221 e. The van der Waals surface area contributed by atoms with Crippen molar-refractivity contribution in [2.75, 3.05) is 35.2 Å². The Balaban J connectivity index is 1.76. The van der Waals surface area contributed by atoms with Crippen LogP contribution in [0.3, 0.4) is 0 Å². The first-order chi connectivity index (χ1) is 8.74. The first-order valence-corrected chi connectivity index (χ1v) is 5.39. The molecule has 94 valence electrons. The maximum absolute atomic E-state index is 5.46. The van der Waals surface area contributed by atoms with E-state index in [2.05, 4.69) is 30.6 Å². The first kappa shape index (κ1) is 11.8. The van der Waals surface area contributed by atoms with E-state index in [1.807, 2.05) is 0 Å². The highest BCUT2D eigenvalue weighted by Crippen LogP contribution is 2.03. The zero-order valence-electron chi connectivity index (χ0n) is 9.67. The maximum Gasteiger partial charge on any atom is 0.221 e. The molecule has 0 atom stereocenters. The van der Waals surface area contributed by atoms with E-state index in [1.54, 1.807) is 24.5 Å². The molecule has 0 aliphatic carbocycles. The van der Waals surface area contributed by atoms with Gasteiger partial charge >= 0.3 is 0 Å². The summed E-state index contributed by atoms with van der Waals surface area (Å²) < 4.78 is 0. The molecule has 0 fully saturated rings. The van der Waals surface area contributed by atoms with Crippen molar-refractivity contribution in [3.63, 3.8) is 0 Å². The molecule has 2 aromatic rings. The molecule has 0 saturated carbocycles. The zero-order valence-corrected chi connectivity index (χ0v) is 9.67. The average molecular weight is 246 g/mol. The predicted octanol–water partition coefficient (Wildman–Crippen LogP) is -0.0450. The van der Waals surface area contributed by atoms with Crippen LogP contribution in [0.4, 0.5) is 23.5 Å². The molecule has 0 aromatic carbocycles. The molecule has 0 spiro atoms. The fourth-order valence-corrected chi connectivity index (χ4v) is 1.33. The average Bonchev–Trinajstić information content (AvgIpc) is 2.35. The van der Waals surface area contributed by atoms with E-state index in [0.29, 0.717) is 24.7 Å². The molecule has 0 radical (unpaired) electrons. The van der Waals surface area contributed by atoms with Crippen LogP contribution in [0.2, 0.25) is 0 Å². The molecule has 2 aromatic heterocycles. The van der Waals surface area contributed by atoms with Gasteiger partial charge in [0.25, 0.3) is 0 Å². The van der Waals surface area contributed by atoms with Gasteiger partial charge in [0, 0.05) is 25.5 Å². The summed E-state index contributed by atoms with van der Waals surface area (Å²) in [5, 5.41) is 6.20. The molecule has 8 nitrogen and oxygen atoms in total. The number of hydrogen-bond acceptors (Lipinski definition) is 8. The summed E-state index contributed by atoms with van der Waals surface area (Å²) in [6, 6.07) is 3.50. The van der Waals surface area contributed by atoms with Gasteiger partial charge in [-0.05, 0) is 12.1 Å². The predicted molar refractivity (Wildman–Crippen MR) is 69.9 cm³/mol. The topological polar surface area (TPSA) is 128 Å². The summed E-state index contributed by atoms with van der Waals surface area (Å²) in [5.41, 5.74) is 10.9. The largest absolute Gasteiger partial charge is 0.368 e. The van der Waals surface area contributed by atoms with Crippen LogP contribution in [0.25, 0.3) is 0 Å². The standard InChI is InChI=1S/C10H14N8/c11-9-15-3-1-7(17-9)13-5-6-14-8-2-4-16-10(12)18-8/h1-4H,5-6H2,(H3,11,13,15,17)(H3,12,14,16,18). The molecular formula is C10H14N8. The van der Waals surface area contributed by atoms with Crippen molar-refractivity contribution in [1.82, 2.24) is 19.9 Å². The van der Waals surface area contributed by atoms with Crippen molar-refractivity contribution in [2.45, 2.75) is 0 Å². The van der Waals surface area contributed by atoms with E-state index in [9.17, 15) is 0 Å². The highest BCUT2D eigenvalue weighted by Gasteiger charge is 1.96. The van der Waals surface area contributed by atoms with Gasteiger partial charge < -0.3 is 22.1 Å². The second kappa shape index (κ2) is 5.62. The van der Waals surface area contributed by atoms with Gasteiger partial charge in [0.2, 0.25) is 11.9 Å². The lowest BCUT2D eigenvalue weighted by molar-refractivity contribution is 1.03. The van der Waals surface area contributed by atoms with E-state index in [1.165, 1.54) is 0 Å². The van der Waals surface area contributed by atoms with E-state index in [-0.39, 0.29) is 11.9 Å². The van der Waals surface area contributed by atoms with Crippen LogP contribution >= 0.6 is 0 Å². The minimum Gasteiger partial charge on any atom is -0.368 e. The van der Waals surface area contributed by atoms with Crippen LogP contribution in [0, 0.1) is 0 Å². The van der Waals surface area contributed by atoms with Crippen molar-refractivity contribution < 1.29 is 0 Å². The van der Waals surface area contributed by atoms with Crippen molar-refractivity contribution in [3.05, 3.63) is 24.5 Å². The van der Waals surface area contributed by atoms with Crippen LogP contribution in [0.5, 0.6) is 0 Å². The monoisotopic (exact) mass is 246 g/mol. The number of nitrogens with two attached hydrogens (primary N) is 2. The summed E-state index contributed by atoms with van der Waals surface area (Å²) in [6.45, 7) is 1.33. The lowest BCUT2D eigenvalue weighted by Crippen LogP contribution is -2.15. The molecule has 0 aliphatic heterocycles. The summed E-state index contributed by atoms with van der Waals surface area (Å²) in [7, 11) is 0. The highest BCUT2D eigenvalue weighted by atomic mass is 15.1. The van der Waals surface area contributed by atoms with E-state index >= 15 is 0 Å². The van der Waals surface area contributed by atoms with Gasteiger partial charge in [-0.2, -0.15) is 9.97 Å². The fourth-order valence-electron chi connectivity index (χ4n) is 1.33. The van der Waals surface area contributed by atoms with Crippen LogP contribution in [0.1, 0.15) is 0 Å².